The molecule has 2 fully saturated rings. The van der Waals surface area contributed by atoms with Gasteiger partial charge in [0.2, 0.25) is 5.91 Å². The number of fused-ring (bicyclic) bond motifs is 1. The Kier molecular flexibility index (Phi) is 5.81. The molecule has 6 heteroatoms. The predicted octanol–water partition coefficient (Wildman–Crippen LogP) is 2.33. The van der Waals surface area contributed by atoms with Crippen molar-refractivity contribution in [1.82, 2.24) is 15.5 Å². The van der Waals surface area contributed by atoms with Crippen molar-refractivity contribution in [2.45, 2.75) is 57.5 Å². The number of ketones is 1. The molecule has 1 atom stereocenters. The molecule has 3 heterocycles. The van der Waals surface area contributed by atoms with E-state index in [1.54, 1.807) is 4.90 Å². The number of nitrogens with one attached hydrogen (secondary N) is 2. The summed E-state index contributed by atoms with van der Waals surface area (Å²) < 4.78 is 0. The molecule has 0 bridgehead atoms. The van der Waals surface area contributed by atoms with Crippen LogP contribution in [0.3, 0.4) is 0 Å². The summed E-state index contributed by atoms with van der Waals surface area (Å²) in [4.78, 5) is 39.1. The molecule has 0 aliphatic carbocycles. The molecule has 6 nitrogen and oxygen atoms in total. The minimum atomic E-state index is -0.435. The van der Waals surface area contributed by atoms with E-state index in [2.05, 4.69) is 17.2 Å². The zero-order valence-electron chi connectivity index (χ0n) is 16.8. The molecule has 4 rings (SSSR count). The number of hydrogen-bond acceptors (Lipinski definition) is 4. The Hall–Kier alpha value is -2.47. The standard InChI is InChI=1S/C23H29N3O3/c1-15-2-7-21(22(28)25-15)26-14-18-12-16(4-6-20(18)23(26)29)3-5-19(27)13-17-8-10-24-11-9-17/h4,6,12,17,21,24H,1-3,5,7-11,13-14H2,(H,25,28). The van der Waals surface area contributed by atoms with Gasteiger partial charge in [-0.05, 0) is 68.3 Å². The fourth-order valence-corrected chi connectivity index (χ4v) is 4.66. The van der Waals surface area contributed by atoms with Crippen LogP contribution >= 0.6 is 0 Å². The second-order valence-corrected chi connectivity index (χ2v) is 8.51. The maximum absolute atomic E-state index is 12.8. The van der Waals surface area contributed by atoms with Gasteiger partial charge in [0.05, 0.1) is 0 Å². The fraction of sp³-hybridized carbons (Fsp3) is 0.522. The molecule has 3 aliphatic heterocycles. The van der Waals surface area contributed by atoms with Gasteiger partial charge in [-0.25, -0.2) is 0 Å². The highest BCUT2D eigenvalue weighted by molar-refractivity contribution is 6.01. The second kappa shape index (κ2) is 8.49. The average Bonchev–Trinajstić information content (AvgIpc) is 3.03. The lowest BCUT2D eigenvalue weighted by Gasteiger charge is -2.30. The first kappa shape index (κ1) is 19.8. The van der Waals surface area contributed by atoms with Gasteiger partial charge in [0.25, 0.3) is 5.91 Å². The molecule has 1 aromatic carbocycles. The molecule has 1 aromatic rings. The monoisotopic (exact) mass is 395 g/mol. The Morgan fingerprint density at radius 1 is 1.17 bits per heavy atom. The van der Waals surface area contributed by atoms with Crippen LogP contribution in [0.2, 0.25) is 0 Å². The molecule has 154 valence electrons. The Bertz CT molecular complexity index is 842. The maximum Gasteiger partial charge on any atom is 0.255 e. The normalized spacial score (nSPS) is 22.6. The Morgan fingerprint density at radius 2 is 1.97 bits per heavy atom. The molecular weight excluding hydrogens is 366 g/mol. The molecular formula is C23H29N3O3. The molecule has 1 unspecified atom stereocenters. The number of piperidine rings is 2. The zero-order valence-corrected chi connectivity index (χ0v) is 16.8. The highest BCUT2D eigenvalue weighted by Crippen LogP contribution is 2.29. The SMILES string of the molecule is C=C1CCC(N2Cc3cc(CCC(=O)CC4CCNCC4)ccc3C2=O)C(=O)N1. The van der Waals surface area contributed by atoms with E-state index in [1.807, 2.05) is 18.2 Å². The zero-order chi connectivity index (χ0) is 20.4. The number of nitrogens with zero attached hydrogens (tertiary/aromatic N) is 1. The van der Waals surface area contributed by atoms with Crippen molar-refractivity contribution in [2.75, 3.05) is 13.1 Å². The topological polar surface area (TPSA) is 78.5 Å². The van der Waals surface area contributed by atoms with Crippen LogP contribution in [0.4, 0.5) is 0 Å². The van der Waals surface area contributed by atoms with Crippen molar-refractivity contribution in [3.05, 3.63) is 47.2 Å². The third-order valence-electron chi connectivity index (χ3n) is 6.37. The van der Waals surface area contributed by atoms with Gasteiger partial charge in [0.1, 0.15) is 11.8 Å². The molecule has 3 aliphatic rings. The van der Waals surface area contributed by atoms with Crippen molar-refractivity contribution < 1.29 is 14.4 Å². The van der Waals surface area contributed by atoms with Crippen molar-refractivity contribution in [1.29, 1.82) is 0 Å². The van der Waals surface area contributed by atoms with Crippen molar-refractivity contribution >= 4 is 17.6 Å². The summed E-state index contributed by atoms with van der Waals surface area (Å²) >= 11 is 0. The number of amides is 2. The van der Waals surface area contributed by atoms with Crippen LogP contribution in [0.5, 0.6) is 0 Å². The summed E-state index contributed by atoms with van der Waals surface area (Å²) in [7, 11) is 0. The van der Waals surface area contributed by atoms with Gasteiger partial charge in [0.15, 0.2) is 0 Å². The number of carbonyl (C=O) groups excluding carboxylic acids is 3. The van der Waals surface area contributed by atoms with Gasteiger partial charge in [-0.15, -0.1) is 0 Å². The minimum Gasteiger partial charge on any atom is -0.329 e. The summed E-state index contributed by atoms with van der Waals surface area (Å²) in [5, 5.41) is 6.10. The van der Waals surface area contributed by atoms with Gasteiger partial charge < -0.3 is 15.5 Å². The quantitative estimate of drug-likeness (QED) is 0.775. The molecule has 0 aromatic heterocycles. The molecule has 29 heavy (non-hydrogen) atoms. The van der Waals surface area contributed by atoms with Crippen molar-refractivity contribution in [3.63, 3.8) is 0 Å². The first-order valence-corrected chi connectivity index (χ1v) is 10.6. The van der Waals surface area contributed by atoms with Gasteiger partial charge in [-0.1, -0.05) is 18.7 Å². The van der Waals surface area contributed by atoms with E-state index in [-0.39, 0.29) is 11.8 Å². The summed E-state index contributed by atoms with van der Waals surface area (Å²) in [6.45, 7) is 6.28. The van der Waals surface area contributed by atoms with Crippen LogP contribution in [0.15, 0.2) is 30.5 Å². The van der Waals surface area contributed by atoms with Crippen LogP contribution in [-0.4, -0.2) is 41.6 Å². The van der Waals surface area contributed by atoms with Crippen LogP contribution < -0.4 is 10.6 Å². The van der Waals surface area contributed by atoms with Crippen molar-refractivity contribution in [3.8, 4) is 0 Å². The number of hydrogen-bond donors (Lipinski definition) is 2. The first-order valence-electron chi connectivity index (χ1n) is 10.6. The Balaban J connectivity index is 1.35. The predicted molar refractivity (Wildman–Crippen MR) is 110 cm³/mol. The number of aryl methyl sites for hydroxylation is 1. The molecule has 2 N–H and O–H groups in total. The highest BCUT2D eigenvalue weighted by atomic mass is 16.2. The lowest BCUT2D eigenvalue weighted by Crippen LogP contribution is -2.49. The molecule has 0 radical (unpaired) electrons. The molecule has 2 saturated heterocycles. The summed E-state index contributed by atoms with van der Waals surface area (Å²) in [6.07, 6.45) is 5.42. The smallest absolute Gasteiger partial charge is 0.255 e. The number of Topliss-reactive ketones (excluding diaryl/α,β-unsaturated/α-hetero) is 1. The average molecular weight is 396 g/mol. The minimum absolute atomic E-state index is 0.0822. The van der Waals surface area contributed by atoms with Gasteiger partial charge in [-0.3, -0.25) is 14.4 Å². The third kappa shape index (κ3) is 4.42. The molecule has 0 saturated carbocycles. The van der Waals surface area contributed by atoms with E-state index >= 15 is 0 Å². The lowest BCUT2D eigenvalue weighted by atomic mass is 9.91. The van der Waals surface area contributed by atoms with E-state index in [4.69, 9.17) is 0 Å². The van der Waals surface area contributed by atoms with E-state index in [0.29, 0.717) is 61.6 Å². The number of benzene rings is 1. The molecule has 0 spiro atoms. The van der Waals surface area contributed by atoms with Crippen molar-refractivity contribution in [2.24, 2.45) is 5.92 Å². The summed E-state index contributed by atoms with van der Waals surface area (Å²) in [5.41, 5.74) is 3.42. The highest BCUT2D eigenvalue weighted by Gasteiger charge is 2.38. The number of allylic oxidation sites excluding steroid dienone is 1. The number of rotatable bonds is 6. The maximum atomic E-state index is 12.8. The molecule has 2 amide bonds. The van der Waals surface area contributed by atoms with Crippen LogP contribution in [-0.2, 0) is 22.6 Å². The second-order valence-electron chi connectivity index (χ2n) is 8.51. The first-order chi connectivity index (χ1) is 14.0. The number of carbonyl (C=O) groups is 3. The largest absolute Gasteiger partial charge is 0.329 e. The van der Waals surface area contributed by atoms with E-state index < -0.39 is 6.04 Å². The fourth-order valence-electron chi connectivity index (χ4n) is 4.66. The van der Waals surface area contributed by atoms with E-state index in [1.165, 1.54) is 0 Å². The Labute approximate surface area is 171 Å². The third-order valence-corrected chi connectivity index (χ3v) is 6.37. The van der Waals surface area contributed by atoms with Gasteiger partial charge in [0, 0.05) is 30.6 Å². The Morgan fingerprint density at radius 3 is 2.72 bits per heavy atom. The van der Waals surface area contributed by atoms with Crippen LogP contribution in [0, 0.1) is 5.92 Å². The van der Waals surface area contributed by atoms with Crippen LogP contribution in [0.25, 0.3) is 0 Å². The van der Waals surface area contributed by atoms with Crippen LogP contribution in [0.1, 0.15) is 60.0 Å². The van der Waals surface area contributed by atoms with E-state index in [9.17, 15) is 14.4 Å². The summed E-state index contributed by atoms with van der Waals surface area (Å²) in [5.74, 6) is 0.620. The van der Waals surface area contributed by atoms with Gasteiger partial charge >= 0.3 is 0 Å². The van der Waals surface area contributed by atoms with E-state index in [0.717, 1.165) is 37.1 Å². The van der Waals surface area contributed by atoms with Gasteiger partial charge in [-0.2, -0.15) is 0 Å². The summed E-state index contributed by atoms with van der Waals surface area (Å²) in [6, 6.07) is 5.39. The lowest BCUT2D eigenvalue weighted by molar-refractivity contribution is -0.126.